The first-order valence-corrected chi connectivity index (χ1v) is 9.45. The Hall–Kier alpha value is -1.47. The molecule has 23 heavy (non-hydrogen) atoms. The molecule has 0 aliphatic carbocycles. The standard InChI is InChI=1S/C16H19BrN2O3S/c1-23-9-6-13(16(21)22)18-15(20)5-8-19-7-4-11-2-3-12(17)10-14(11)19/h2-4,7,10,13H,5-6,8-9H2,1H3,(H,18,20)(H,21,22)/t13-/m0/s1. The highest BCUT2D eigenvalue weighted by Gasteiger charge is 2.19. The quantitative estimate of drug-likeness (QED) is 0.716. The van der Waals surface area contributed by atoms with Gasteiger partial charge in [-0.05, 0) is 42.0 Å². The minimum atomic E-state index is -0.984. The highest BCUT2D eigenvalue weighted by molar-refractivity contribution is 9.10. The molecular formula is C16H19BrN2O3S. The molecule has 0 bridgehead atoms. The van der Waals surface area contributed by atoms with E-state index in [0.29, 0.717) is 18.7 Å². The number of carbonyl (C=O) groups excluding carboxylic acids is 1. The number of aromatic nitrogens is 1. The lowest BCUT2D eigenvalue weighted by Crippen LogP contribution is -2.41. The zero-order chi connectivity index (χ0) is 16.8. The summed E-state index contributed by atoms with van der Waals surface area (Å²) in [7, 11) is 0. The number of hydrogen-bond acceptors (Lipinski definition) is 3. The fourth-order valence-corrected chi connectivity index (χ4v) is 3.15. The molecule has 2 rings (SSSR count). The number of thioether (sulfide) groups is 1. The second-order valence-electron chi connectivity index (χ2n) is 5.20. The van der Waals surface area contributed by atoms with Gasteiger partial charge in [0.05, 0.1) is 0 Å². The van der Waals surface area contributed by atoms with E-state index in [9.17, 15) is 9.59 Å². The summed E-state index contributed by atoms with van der Waals surface area (Å²) in [6.07, 6.45) is 4.53. The topological polar surface area (TPSA) is 71.3 Å². The first-order valence-electron chi connectivity index (χ1n) is 7.26. The molecule has 0 spiro atoms. The smallest absolute Gasteiger partial charge is 0.326 e. The Morgan fingerprint density at radius 3 is 2.87 bits per heavy atom. The lowest BCUT2D eigenvalue weighted by Gasteiger charge is -2.14. The normalized spacial score (nSPS) is 12.3. The zero-order valence-electron chi connectivity index (χ0n) is 12.8. The van der Waals surface area contributed by atoms with Crippen molar-refractivity contribution in [3.8, 4) is 0 Å². The van der Waals surface area contributed by atoms with E-state index in [-0.39, 0.29) is 12.3 Å². The second kappa shape index (κ2) is 8.40. The third-order valence-electron chi connectivity index (χ3n) is 3.56. The number of carbonyl (C=O) groups is 2. The minimum Gasteiger partial charge on any atom is -0.480 e. The predicted octanol–water partition coefficient (Wildman–Crippen LogP) is 3.12. The Balaban J connectivity index is 1.94. The van der Waals surface area contributed by atoms with Crippen molar-refractivity contribution in [2.24, 2.45) is 0 Å². The van der Waals surface area contributed by atoms with Crippen LogP contribution < -0.4 is 5.32 Å². The summed E-state index contributed by atoms with van der Waals surface area (Å²) >= 11 is 5.01. The third kappa shape index (κ3) is 5.00. The van der Waals surface area contributed by atoms with E-state index >= 15 is 0 Å². The van der Waals surface area contributed by atoms with Gasteiger partial charge >= 0.3 is 5.97 Å². The number of aliphatic carboxylic acids is 1. The minimum absolute atomic E-state index is 0.240. The molecule has 0 saturated carbocycles. The van der Waals surface area contributed by atoms with Gasteiger partial charge in [-0.1, -0.05) is 22.0 Å². The van der Waals surface area contributed by atoms with Crippen LogP contribution in [0.3, 0.4) is 0 Å². The summed E-state index contributed by atoms with van der Waals surface area (Å²) in [5.41, 5.74) is 1.05. The van der Waals surface area contributed by atoms with Gasteiger partial charge in [-0.25, -0.2) is 4.79 Å². The molecule has 0 unspecified atom stereocenters. The van der Waals surface area contributed by atoms with Gasteiger partial charge < -0.3 is 15.0 Å². The molecule has 7 heteroatoms. The maximum Gasteiger partial charge on any atom is 0.326 e. The number of rotatable bonds is 8. The summed E-state index contributed by atoms with van der Waals surface area (Å²) in [6, 6.07) is 7.18. The number of nitrogens with zero attached hydrogens (tertiary/aromatic N) is 1. The van der Waals surface area contributed by atoms with Crippen molar-refractivity contribution in [1.82, 2.24) is 9.88 Å². The number of benzene rings is 1. The van der Waals surface area contributed by atoms with Crippen LogP contribution in [-0.4, -0.2) is 39.6 Å². The Morgan fingerprint density at radius 1 is 1.39 bits per heavy atom. The number of amides is 1. The molecule has 2 aromatic rings. The van der Waals surface area contributed by atoms with Gasteiger partial charge in [-0.15, -0.1) is 0 Å². The van der Waals surface area contributed by atoms with Crippen molar-refractivity contribution in [3.05, 3.63) is 34.9 Å². The maximum atomic E-state index is 12.0. The maximum absolute atomic E-state index is 12.0. The van der Waals surface area contributed by atoms with E-state index < -0.39 is 12.0 Å². The van der Waals surface area contributed by atoms with Crippen LogP contribution in [0.4, 0.5) is 0 Å². The van der Waals surface area contributed by atoms with Gasteiger partial charge in [0.2, 0.25) is 5.91 Å². The summed E-state index contributed by atoms with van der Waals surface area (Å²) in [5.74, 6) is -0.522. The molecular weight excluding hydrogens is 380 g/mol. The third-order valence-corrected chi connectivity index (χ3v) is 4.70. The molecule has 1 aromatic heterocycles. The van der Waals surface area contributed by atoms with Crippen molar-refractivity contribution in [3.63, 3.8) is 0 Å². The van der Waals surface area contributed by atoms with Crippen molar-refractivity contribution >= 4 is 50.5 Å². The highest BCUT2D eigenvalue weighted by Crippen LogP contribution is 2.21. The van der Waals surface area contributed by atoms with E-state index in [1.165, 1.54) is 0 Å². The summed E-state index contributed by atoms with van der Waals surface area (Å²) in [6.45, 7) is 0.515. The molecule has 0 saturated heterocycles. The van der Waals surface area contributed by atoms with Crippen LogP contribution in [0.2, 0.25) is 0 Å². The zero-order valence-corrected chi connectivity index (χ0v) is 15.2. The van der Waals surface area contributed by atoms with Crippen LogP contribution in [0, 0.1) is 0 Å². The SMILES string of the molecule is CSCC[C@H](NC(=O)CCn1ccc2ccc(Br)cc21)C(=O)O. The van der Waals surface area contributed by atoms with Gasteiger partial charge in [0.25, 0.3) is 0 Å². The number of carboxylic acid groups (broad SMARTS) is 1. The van der Waals surface area contributed by atoms with Gasteiger partial charge in [-0.3, -0.25) is 4.79 Å². The van der Waals surface area contributed by atoms with E-state index in [2.05, 4.69) is 21.2 Å². The molecule has 1 heterocycles. The molecule has 2 N–H and O–H groups in total. The van der Waals surface area contributed by atoms with E-state index in [4.69, 9.17) is 5.11 Å². The van der Waals surface area contributed by atoms with Gasteiger partial charge in [0.15, 0.2) is 0 Å². The molecule has 0 aliphatic rings. The monoisotopic (exact) mass is 398 g/mol. The van der Waals surface area contributed by atoms with Crippen LogP contribution in [0.5, 0.6) is 0 Å². The summed E-state index contributed by atoms with van der Waals surface area (Å²) in [5, 5.41) is 12.8. The molecule has 1 amide bonds. The number of nitrogens with one attached hydrogen (secondary N) is 1. The van der Waals surface area contributed by atoms with Crippen LogP contribution in [0.15, 0.2) is 34.9 Å². The number of halogens is 1. The molecule has 124 valence electrons. The Kier molecular flexibility index (Phi) is 6.53. The van der Waals surface area contributed by atoms with Gasteiger partial charge in [0.1, 0.15) is 6.04 Å². The van der Waals surface area contributed by atoms with Crippen molar-refractivity contribution in [2.75, 3.05) is 12.0 Å². The Labute approximate surface area is 147 Å². The number of carboxylic acids is 1. The molecule has 0 fully saturated rings. The van der Waals surface area contributed by atoms with Crippen LogP contribution in [-0.2, 0) is 16.1 Å². The van der Waals surface area contributed by atoms with E-state index in [1.54, 1.807) is 11.8 Å². The van der Waals surface area contributed by atoms with Crippen molar-refractivity contribution < 1.29 is 14.7 Å². The first kappa shape index (κ1) is 17.9. The number of fused-ring (bicyclic) bond motifs is 1. The van der Waals surface area contributed by atoms with Crippen LogP contribution in [0.25, 0.3) is 10.9 Å². The fourth-order valence-electron chi connectivity index (χ4n) is 2.33. The summed E-state index contributed by atoms with van der Waals surface area (Å²) in [4.78, 5) is 23.2. The molecule has 1 aromatic carbocycles. The number of aryl methyl sites for hydroxylation is 1. The van der Waals surface area contributed by atoms with Crippen LogP contribution >= 0.6 is 27.7 Å². The molecule has 5 nitrogen and oxygen atoms in total. The van der Waals surface area contributed by atoms with Gasteiger partial charge in [-0.2, -0.15) is 11.8 Å². The molecule has 0 radical (unpaired) electrons. The van der Waals surface area contributed by atoms with E-state index in [1.807, 2.05) is 41.3 Å². The fraction of sp³-hybridized carbons (Fsp3) is 0.375. The highest BCUT2D eigenvalue weighted by atomic mass is 79.9. The lowest BCUT2D eigenvalue weighted by atomic mass is 10.2. The van der Waals surface area contributed by atoms with Gasteiger partial charge in [0, 0.05) is 29.2 Å². The second-order valence-corrected chi connectivity index (χ2v) is 7.10. The average molecular weight is 399 g/mol. The van der Waals surface area contributed by atoms with Crippen molar-refractivity contribution in [1.29, 1.82) is 0 Å². The Bertz CT molecular complexity index is 702. The lowest BCUT2D eigenvalue weighted by molar-refractivity contribution is -0.141. The van der Waals surface area contributed by atoms with E-state index in [0.717, 1.165) is 15.4 Å². The predicted molar refractivity (Wildman–Crippen MR) is 96.8 cm³/mol. The molecule has 0 aliphatic heterocycles. The average Bonchev–Trinajstić information content (AvgIpc) is 2.91. The Morgan fingerprint density at radius 2 is 2.17 bits per heavy atom. The summed E-state index contributed by atoms with van der Waals surface area (Å²) < 4.78 is 2.98. The number of hydrogen-bond donors (Lipinski definition) is 2. The van der Waals surface area contributed by atoms with Crippen molar-refractivity contribution in [2.45, 2.75) is 25.4 Å². The van der Waals surface area contributed by atoms with Crippen LogP contribution in [0.1, 0.15) is 12.8 Å². The largest absolute Gasteiger partial charge is 0.480 e. The molecule has 1 atom stereocenters. The first-order chi connectivity index (χ1) is 11.0.